The molecule has 0 unspecified atom stereocenters. The molecular weight excluding hydrogens is 228 g/mol. The lowest BCUT2D eigenvalue weighted by atomic mass is 10.0. The van der Waals surface area contributed by atoms with Crippen molar-refractivity contribution in [3.63, 3.8) is 0 Å². The van der Waals surface area contributed by atoms with Crippen LogP contribution in [-0.2, 0) is 11.2 Å². The molecule has 16 heavy (non-hydrogen) atoms. The van der Waals surface area contributed by atoms with Gasteiger partial charge in [0.2, 0.25) is 0 Å². The highest BCUT2D eigenvalue weighted by Crippen LogP contribution is 2.06. The molecule has 0 amide bonds. The lowest BCUT2D eigenvalue weighted by molar-refractivity contribution is -0.137. The third-order valence-electron chi connectivity index (χ3n) is 2.02. The van der Waals surface area contributed by atoms with Gasteiger partial charge in [0.05, 0.1) is 18.1 Å². The standard InChI is InChI=1S/C11H12N2O2.ClH/c12-7-9-3-1-8(2-4-9)5-10(13)6-11(14)15;/h1-4,10H,5-6,13H2,(H,14,15);1H/t10-;/m1./s1. The fraction of sp³-hybridized carbons (Fsp3) is 0.273. The summed E-state index contributed by atoms with van der Waals surface area (Å²) in [5.41, 5.74) is 7.17. The molecule has 0 saturated carbocycles. The SMILES string of the molecule is Cl.N#Cc1ccc(C[C@@H](N)CC(=O)O)cc1. The molecule has 0 aliphatic carbocycles. The predicted octanol–water partition coefficient (Wildman–Crippen LogP) is 1.32. The summed E-state index contributed by atoms with van der Waals surface area (Å²) >= 11 is 0. The molecule has 0 aliphatic heterocycles. The van der Waals surface area contributed by atoms with Crippen LogP contribution in [0.15, 0.2) is 24.3 Å². The van der Waals surface area contributed by atoms with Gasteiger partial charge in [0.25, 0.3) is 0 Å². The van der Waals surface area contributed by atoms with E-state index in [0.29, 0.717) is 12.0 Å². The second-order valence-electron chi connectivity index (χ2n) is 3.37. The molecular formula is C11H13ClN2O2. The number of nitriles is 1. The van der Waals surface area contributed by atoms with E-state index < -0.39 is 5.97 Å². The van der Waals surface area contributed by atoms with Crippen LogP contribution in [0.2, 0.25) is 0 Å². The number of halogens is 1. The topological polar surface area (TPSA) is 87.1 Å². The molecule has 1 atom stereocenters. The van der Waals surface area contributed by atoms with Crippen LogP contribution >= 0.6 is 12.4 Å². The van der Waals surface area contributed by atoms with Crippen LogP contribution in [-0.4, -0.2) is 17.1 Å². The monoisotopic (exact) mass is 240 g/mol. The number of hydrogen-bond acceptors (Lipinski definition) is 3. The zero-order chi connectivity index (χ0) is 11.3. The van der Waals surface area contributed by atoms with Crippen molar-refractivity contribution in [3.05, 3.63) is 35.4 Å². The molecule has 5 heteroatoms. The van der Waals surface area contributed by atoms with Gasteiger partial charge in [-0.1, -0.05) is 12.1 Å². The summed E-state index contributed by atoms with van der Waals surface area (Å²) in [4.78, 5) is 10.4. The average Bonchev–Trinajstić information content (AvgIpc) is 2.17. The van der Waals surface area contributed by atoms with E-state index in [0.717, 1.165) is 5.56 Å². The Morgan fingerprint density at radius 3 is 2.44 bits per heavy atom. The Hall–Kier alpha value is -1.57. The quantitative estimate of drug-likeness (QED) is 0.831. The lowest BCUT2D eigenvalue weighted by Crippen LogP contribution is -2.26. The van der Waals surface area contributed by atoms with Gasteiger partial charge < -0.3 is 10.8 Å². The molecule has 0 saturated heterocycles. The second-order valence-corrected chi connectivity index (χ2v) is 3.37. The molecule has 0 bridgehead atoms. The summed E-state index contributed by atoms with van der Waals surface area (Å²) in [6.07, 6.45) is 0.470. The summed E-state index contributed by atoms with van der Waals surface area (Å²) in [7, 11) is 0. The van der Waals surface area contributed by atoms with E-state index in [2.05, 4.69) is 0 Å². The Bertz CT molecular complexity index is 384. The third-order valence-corrected chi connectivity index (χ3v) is 2.02. The predicted molar refractivity (Wildman–Crippen MR) is 62.3 cm³/mol. The number of carbonyl (C=O) groups is 1. The average molecular weight is 241 g/mol. The minimum atomic E-state index is -0.892. The van der Waals surface area contributed by atoms with Crippen LogP contribution in [0.25, 0.3) is 0 Å². The highest BCUT2D eigenvalue weighted by Gasteiger charge is 2.08. The van der Waals surface area contributed by atoms with E-state index in [-0.39, 0.29) is 24.9 Å². The number of aliphatic carboxylic acids is 1. The van der Waals surface area contributed by atoms with Crippen molar-refractivity contribution in [1.29, 1.82) is 5.26 Å². The maximum absolute atomic E-state index is 10.4. The first-order valence-electron chi connectivity index (χ1n) is 4.58. The van der Waals surface area contributed by atoms with Crippen molar-refractivity contribution in [2.75, 3.05) is 0 Å². The first-order chi connectivity index (χ1) is 7.11. The van der Waals surface area contributed by atoms with Crippen molar-refractivity contribution < 1.29 is 9.90 Å². The van der Waals surface area contributed by atoms with E-state index >= 15 is 0 Å². The Labute approximate surface area is 100 Å². The van der Waals surface area contributed by atoms with Gasteiger partial charge in [-0.25, -0.2) is 0 Å². The fourth-order valence-corrected chi connectivity index (χ4v) is 1.31. The van der Waals surface area contributed by atoms with Gasteiger partial charge in [0.15, 0.2) is 0 Å². The Kier molecular flexibility index (Phi) is 6.16. The maximum atomic E-state index is 10.4. The number of nitrogens with two attached hydrogens (primary N) is 1. The second kappa shape index (κ2) is 6.83. The van der Waals surface area contributed by atoms with Gasteiger partial charge in [0.1, 0.15) is 0 Å². The lowest BCUT2D eigenvalue weighted by Gasteiger charge is -2.08. The fourth-order valence-electron chi connectivity index (χ4n) is 1.31. The maximum Gasteiger partial charge on any atom is 0.304 e. The number of benzene rings is 1. The summed E-state index contributed by atoms with van der Waals surface area (Å²) in [5.74, 6) is -0.892. The molecule has 4 nitrogen and oxygen atoms in total. The zero-order valence-corrected chi connectivity index (χ0v) is 9.41. The van der Waals surface area contributed by atoms with Crippen molar-refractivity contribution in [2.45, 2.75) is 18.9 Å². The number of carboxylic acids is 1. The van der Waals surface area contributed by atoms with E-state index in [1.807, 2.05) is 6.07 Å². The van der Waals surface area contributed by atoms with Gasteiger partial charge in [-0.15, -0.1) is 12.4 Å². The molecule has 0 heterocycles. The van der Waals surface area contributed by atoms with Crippen LogP contribution in [0.5, 0.6) is 0 Å². The highest BCUT2D eigenvalue weighted by atomic mass is 35.5. The van der Waals surface area contributed by atoms with Gasteiger partial charge in [0, 0.05) is 6.04 Å². The Morgan fingerprint density at radius 1 is 1.44 bits per heavy atom. The van der Waals surface area contributed by atoms with Crippen LogP contribution in [0.4, 0.5) is 0 Å². The molecule has 3 N–H and O–H groups in total. The molecule has 0 aliphatic rings. The van der Waals surface area contributed by atoms with Crippen molar-refractivity contribution >= 4 is 18.4 Å². The number of nitrogens with zero attached hydrogens (tertiary/aromatic N) is 1. The minimum Gasteiger partial charge on any atom is -0.481 e. The Balaban J connectivity index is 0.00000225. The van der Waals surface area contributed by atoms with E-state index in [4.69, 9.17) is 16.1 Å². The van der Waals surface area contributed by atoms with Crippen LogP contribution < -0.4 is 5.73 Å². The van der Waals surface area contributed by atoms with Gasteiger partial charge in [-0.05, 0) is 24.1 Å². The minimum absolute atomic E-state index is 0. The normalized spacial score (nSPS) is 11.0. The number of hydrogen-bond donors (Lipinski definition) is 2. The summed E-state index contributed by atoms with van der Waals surface area (Å²) in [6, 6.07) is 8.61. The van der Waals surface area contributed by atoms with Crippen LogP contribution in [0.1, 0.15) is 17.5 Å². The van der Waals surface area contributed by atoms with E-state index in [9.17, 15) is 4.79 Å². The first kappa shape index (κ1) is 14.4. The smallest absolute Gasteiger partial charge is 0.304 e. The first-order valence-corrected chi connectivity index (χ1v) is 4.58. The highest BCUT2D eigenvalue weighted by molar-refractivity contribution is 5.85. The van der Waals surface area contributed by atoms with Gasteiger partial charge in [-0.3, -0.25) is 4.79 Å². The molecule has 0 aromatic heterocycles. The summed E-state index contributed by atoms with van der Waals surface area (Å²) in [6.45, 7) is 0. The molecule has 1 aromatic rings. The molecule has 1 aromatic carbocycles. The van der Waals surface area contributed by atoms with Gasteiger partial charge >= 0.3 is 5.97 Å². The van der Waals surface area contributed by atoms with Crippen molar-refractivity contribution in [2.24, 2.45) is 5.73 Å². The van der Waals surface area contributed by atoms with Crippen LogP contribution in [0.3, 0.4) is 0 Å². The molecule has 0 radical (unpaired) electrons. The number of rotatable bonds is 4. The number of carboxylic acid groups (broad SMARTS) is 1. The zero-order valence-electron chi connectivity index (χ0n) is 8.59. The molecule has 0 fully saturated rings. The van der Waals surface area contributed by atoms with Crippen molar-refractivity contribution in [3.8, 4) is 6.07 Å². The summed E-state index contributed by atoms with van der Waals surface area (Å²) in [5, 5.41) is 17.1. The Morgan fingerprint density at radius 2 is 2.00 bits per heavy atom. The van der Waals surface area contributed by atoms with Gasteiger partial charge in [-0.2, -0.15) is 5.26 Å². The van der Waals surface area contributed by atoms with Crippen LogP contribution in [0, 0.1) is 11.3 Å². The van der Waals surface area contributed by atoms with E-state index in [1.165, 1.54) is 0 Å². The molecule has 1 rings (SSSR count). The summed E-state index contributed by atoms with van der Waals surface area (Å²) < 4.78 is 0. The molecule has 0 spiro atoms. The largest absolute Gasteiger partial charge is 0.481 e. The van der Waals surface area contributed by atoms with Crippen molar-refractivity contribution in [1.82, 2.24) is 0 Å². The molecule has 86 valence electrons. The van der Waals surface area contributed by atoms with E-state index in [1.54, 1.807) is 24.3 Å². The third kappa shape index (κ3) is 4.78.